The minimum Gasteiger partial charge on any atom is -0.208 e. The lowest BCUT2D eigenvalue weighted by Gasteiger charge is -2.08. The third-order valence-electron chi connectivity index (χ3n) is 3.59. The zero-order valence-electron chi connectivity index (χ0n) is 15.3. The monoisotopic (exact) mass is 341 g/mol. The Morgan fingerprint density at radius 3 is 2.15 bits per heavy atom. The van der Waals surface area contributed by atoms with Gasteiger partial charge in [-0.05, 0) is 13.8 Å². The van der Waals surface area contributed by atoms with Gasteiger partial charge in [-0.1, -0.05) is 92.1 Å². The van der Waals surface area contributed by atoms with Crippen LogP contribution >= 0.6 is 0 Å². The quantitative estimate of drug-likeness (QED) is 0.595. The molecular formula is C23H23N3. The second kappa shape index (κ2) is 9.84. The molecule has 0 N–H and O–H groups in total. The molecule has 3 heteroatoms. The van der Waals surface area contributed by atoms with Crippen LogP contribution in [0.15, 0.2) is 92.1 Å². The van der Waals surface area contributed by atoms with Gasteiger partial charge in [0.25, 0.3) is 0 Å². The highest BCUT2D eigenvalue weighted by Gasteiger charge is 2.12. The molecule has 0 unspecified atom stereocenters. The summed E-state index contributed by atoms with van der Waals surface area (Å²) in [6.07, 6.45) is 15.1. The highest BCUT2D eigenvalue weighted by molar-refractivity contribution is 5.75. The minimum absolute atomic E-state index is 0.591. The summed E-state index contributed by atoms with van der Waals surface area (Å²) in [6.45, 7) is 11.5. The summed E-state index contributed by atoms with van der Waals surface area (Å²) < 4.78 is 0. The average Bonchev–Trinajstić information content (AvgIpc) is 2.70. The van der Waals surface area contributed by atoms with Crippen LogP contribution in [-0.4, -0.2) is 15.0 Å². The van der Waals surface area contributed by atoms with Crippen molar-refractivity contribution in [3.63, 3.8) is 0 Å². The number of allylic oxidation sites excluding steroid dienone is 10. The van der Waals surface area contributed by atoms with Crippen molar-refractivity contribution >= 4 is 11.1 Å². The van der Waals surface area contributed by atoms with Crippen LogP contribution in [0.5, 0.6) is 0 Å². The van der Waals surface area contributed by atoms with Gasteiger partial charge in [0, 0.05) is 16.7 Å². The summed E-state index contributed by atoms with van der Waals surface area (Å²) in [5.74, 6) is 1.83. The van der Waals surface area contributed by atoms with Crippen LogP contribution < -0.4 is 0 Å². The third-order valence-corrected chi connectivity index (χ3v) is 3.59. The molecule has 0 fully saturated rings. The predicted octanol–water partition coefficient (Wildman–Crippen LogP) is 5.83. The van der Waals surface area contributed by atoms with Gasteiger partial charge < -0.3 is 0 Å². The van der Waals surface area contributed by atoms with E-state index in [2.05, 4.69) is 28.1 Å². The number of nitrogens with zero attached hydrogens (tertiary/aromatic N) is 3. The van der Waals surface area contributed by atoms with Gasteiger partial charge in [0.1, 0.15) is 0 Å². The lowest BCUT2D eigenvalue weighted by molar-refractivity contribution is 1.00. The van der Waals surface area contributed by atoms with Crippen molar-refractivity contribution in [3.05, 3.63) is 104 Å². The van der Waals surface area contributed by atoms with Gasteiger partial charge in [0.2, 0.25) is 0 Å². The molecule has 3 nitrogen and oxygen atoms in total. The Morgan fingerprint density at radius 1 is 0.885 bits per heavy atom. The Balaban J connectivity index is 2.68. The van der Waals surface area contributed by atoms with Crippen LogP contribution in [0.25, 0.3) is 22.5 Å². The zero-order valence-corrected chi connectivity index (χ0v) is 15.3. The molecule has 130 valence electrons. The molecule has 1 heterocycles. The summed E-state index contributed by atoms with van der Waals surface area (Å²) in [6, 6.07) is 9.88. The van der Waals surface area contributed by atoms with Crippen LogP contribution in [-0.2, 0) is 0 Å². The molecule has 2 aromatic rings. The van der Waals surface area contributed by atoms with Gasteiger partial charge in [-0.15, -0.1) is 0 Å². The van der Waals surface area contributed by atoms with Gasteiger partial charge in [-0.2, -0.15) is 0 Å². The molecule has 0 aliphatic heterocycles. The summed E-state index contributed by atoms with van der Waals surface area (Å²) in [5, 5.41) is 0. The molecule has 0 amide bonds. The molecule has 0 saturated carbocycles. The molecule has 0 aliphatic rings. The van der Waals surface area contributed by atoms with E-state index in [4.69, 9.17) is 0 Å². The smallest absolute Gasteiger partial charge is 0.164 e. The largest absolute Gasteiger partial charge is 0.208 e. The van der Waals surface area contributed by atoms with Gasteiger partial charge in [-0.3, -0.25) is 0 Å². The lowest BCUT2D eigenvalue weighted by Crippen LogP contribution is -2.04. The molecule has 0 bridgehead atoms. The number of benzene rings is 1. The van der Waals surface area contributed by atoms with Crippen molar-refractivity contribution in [1.82, 2.24) is 15.0 Å². The second-order valence-electron chi connectivity index (χ2n) is 5.36. The minimum atomic E-state index is 0.591. The van der Waals surface area contributed by atoms with Gasteiger partial charge in [-0.25, -0.2) is 15.0 Å². The van der Waals surface area contributed by atoms with Crippen LogP contribution in [0.1, 0.15) is 25.5 Å². The lowest BCUT2D eigenvalue weighted by atomic mass is 10.1. The van der Waals surface area contributed by atoms with Gasteiger partial charge in [0.05, 0.1) is 0 Å². The first-order chi connectivity index (χ1) is 12.7. The standard InChI is InChI=1S/C23H23N3/c1-5-9-14-18(7-3)21-24-22(19(8-4)15-10-6-2)26-23(25-21)20-16-12-11-13-17-20/h5-17H,1,4H2,2-3H3/b10-6-,14-9-,18-7+,19-15+. The van der Waals surface area contributed by atoms with E-state index >= 15 is 0 Å². The third kappa shape index (κ3) is 4.84. The van der Waals surface area contributed by atoms with Crippen molar-refractivity contribution < 1.29 is 0 Å². The molecule has 0 atom stereocenters. The van der Waals surface area contributed by atoms with Crippen molar-refractivity contribution in [3.8, 4) is 11.4 Å². The van der Waals surface area contributed by atoms with E-state index in [-0.39, 0.29) is 0 Å². The fourth-order valence-electron chi connectivity index (χ4n) is 2.26. The van der Waals surface area contributed by atoms with Crippen molar-refractivity contribution in [1.29, 1.82) is 0 Å². The van der Waals surface area contributed by atoms with Crippen LogP contribution in [0, 0.1) is 0 Å². The first-order valence-electron chi connectivity index (χ1n) is 8.46. The number of hydrogen-bond donors (Lipinski definition) is 0. The van der Waals surface area contributed by atoms with Gasteiger partial charge >= 0.3 is 0 Å². The fourth-order valence-corrected chi connectivity index (χ4v) is 2.26. The molecule has 0 saturated heterocycles. The highest BCUT2D eigenvalue weighted by atomic mass is 15.0. The van der Waals surface area contributed by atoms with E-state index < -0.39 is 0 Å². The molecule has 2 rings (SSSR count). The summed E-state index contributed by atoms with van der Waals surface area (Å²) in [5.41, 5.74) is 2.68. The molecule has 0 spiro atoms. The van der Waals surface area contributed by atoms with E-state index in [9.17, 15) is 0 Å². The summed E-state index contributed by atoms with van der Waals surface area (Å²) >= 11 is 0. The first kappa shape index (κ1) is 19.0. The van der Waals surface area contributed by atoms with Crippen LogP contribution in [0.3, 0.4) is 0 Å². The second-order valence-corrected chi connectivity index (χ2v) is 5.36. The topological polar surface area (TPSA) is 38.7 Å². The number of hydrogen-bond acceptors (Lipinski definition) is 3. The summed E-state index contributed by atoms with van der Waals surface area (Å²) in [7, 11) is 0. The Morgan fingerprint density at radius 2 is 1.58 bits per heavy atom. The molecule has 0 radical (unpaired) electrons. The Kier molecular flexibility index (Phi) is 7.19. The molecule has 1 aromatic carbocycles. The maximum absolute atomic E-state index is 4.67. The molecule has 26 heavy (non-hydrogen) atoms. The van der Waals surface area contributed by atoms with Crippen molar-refractivity contribution in [2.45, 2.75) is 13.8 Å². The van der Waals surface area contributed by atoms with Crippen LogP contribution in [0.2, 0.25) is 0 Å². The van der Waals surface area contributed by atoms with E-state index in [0.717, 1.165) is 16.7 Å². The molecule has 1 aromatic heterocycles. The van der Waals surface area contributed by atoms with Crippen LogP contribution in [0.4, 0.5) is 0 Å². The number of aromatic nitrogens is 3. The fraction of sp³-hybridized carbons (Fsp3) is 0.0870. The Labute approximate surface area is 155 Å². The van der Waals surface area contributed by atoms with Crippen molar-refractivity contribution in [2.24, 2.45) is 0 Å². The Hall–Kier alpha value is -3.33. The van der Waals surface area contributed by atoms with E-state index in [1.165, 1.54) is 0 Å². The summed E-state index contributed by atoms with van der Waals surface area (Å²) in [4.78, 5) is 14.0. The maximum Gasteiger partial charge on any atom is 0.164 e. The highest BCUT2D eigenvalue weighted by Crippen LogP contribution is 2.21. The normalized spacial score (nSPS) is 12.7. The predicted molar refractivity (Wildman–Crippen MR) is 111 cm³/mol. The maximum atomic E-state index is 4.67. The average molecular weight is 341 g/mol. The first-order valence-corrected chi connectivity index (χ1v) is 8.46. The molecular weight excluding hydrogens is 318 g/mol. The Bertz CT molecular complexity index is 885. The van der Waals surface area contributed by atoms with Crippen molar-refractivity contribution in [2.75, 3.05) is 0 Å². The van der Waals surface area contributed by atoms with Gasteiger partial charge in [0.15, 0.2) is 17.5 Å². The number of rotatable bonds is 7. The SMILES string of the molecule is C=C/C=C\C(=C/C)c1nc(/C(C=C)=C/C=C\C)nc(-c2ccccc2)n1. The van der Waals surface area contributed by atoms with E-state index in [0.29, 0.717) is 17.5 Å². The zero-order chi connectivity index (χ0) is 18.8. The van der Waals surface area contributed by atoms with E-state index in [1.807, 2.05) is 80.6 Å². The molecule has 0 aliphatic carbocycles. The van der Waals surface area contributed by atoms with E-state index in [1.54, 1.807) is 12.2 Å².